The van der Waals surface area contributed by atoms with Crippen LogP contribution in [0.3, 0.4) is 0 Å². The maximum absolute atomic E-state index is 12.2. The number of aromatic nitrogens is 7. The molecule has 4 rings (SSSR count). The average molecular weight is 421 g/mol. The van der Waals surface area contributed by atoms with Gasteiger partial charge in [0.1, 0.15) is 6.33 Å². The van der Waals surface area contributed by atoms with E-state index in [1.54, 1.807) is 36.0 Å². The van der Waals surface area contributed by atoms with E-state index in [2.05, 4.69) is 36.5 Å². The van der Waals surface area contributed by atoms with Crippen molar-refractivity contribution in [3.63, 3.8) is 0 Å². The highest BCUT2D eigenvalue weighted by atomic mass is 16.5. The number of carbonyl (C=O) groups is 2. The van der Waals surface area contributed by atoms with E-state index in [1.165, 1.54) is 11.0 Å². The molecule has 0 spiro atoms. The minimum Gasteiger partial charge on any atom is -0.466 e. The molecule has 0 bridgehead atoms. The van der Waals surface area contributed by atoms with Crippen molar-refractivity contribution in [1.29, 1.82) is 0 Å². The molecule has 0 saturated carbocycles. The van der Waals surface area contributed by atoms with E-state index in [9.17, 15) is 9.59 Å². The third-order valence-electron chi connectivity index (χ3n) is 4.49. The summed E-state index contributed by atoms with van der Waals surface area (Å²) in [5.74, 6) is -0.701. The molecule has 0 unspecified atom stereocenters. The second kappa shape index (κ2) is 8.18. The second-order valence-electron chi connectivity index (χ2n) is 6.80. The van der Waals surface area contributed by atoms with E-state index in [1.807, 2.05) is 19.9 Å². The zero-order valence-corrected chi connectivity index (χ0v) is 17.0. The maximum Gasteiger partial charge on any atom is 0.276 e. The van der Waals surface area contributed by atoms with Gasteiger partial charge >= 0.3 is 0 Å². The lowest BCUT2D eigenvalue weighted by molar-refractivity contribution is -0.123. The molecule has 1 aromatic carbocycles. The largest absolute Gasteiger partial charge is 0.466 e. The van der Waals surface area contributed by atoms with Gasteiger partial charge in [-0.3, -0.25) is 20.4 Å². The highest BCUT2D eigenvalue weighted by molar-refractivity contribution is 5.95. The molecular weight excluding hydrogens is 402 g/mol. The van der Waals surface area contributed by atoms with Crippen molar-refractivity contribution >= 4 is 22.8 Å². The summed E-state index contributed by atoms with van der Waals surface area (Å²) < 4.78 is 8.62. The van der Waals surface area contributed by atoms with Crippen LogP contribution in [0, 0.1) is 13.8 Å². The lowest BCUT2D eigenvalue weighted by atomic mass is 10.2. The molecule has 12 nitrogen and oxygen atoms in total. The van der Waals surface area contributed by atoms with Gasteiger partial charge in [0, 0.05) is 18.3 Å². The van der Waals surface area contributed by atoms with E-state index in [4.69, 9.17) is 4.74 Å². The molecule has 31 heavy (non-hydrogen) atoms. The molecule has 158 valence electrons. The average Bonchev–Trinajstić information content (AvgIpc) is 3.39. The molecule has 0 aliphatic carbocycles. The van der Waals surface area contributed by atoms with Crippen molar-refractivity contribution in [3.05, 3.63) is 53.5 Å². The summed E-state index contributed by atoms with van der Waals surface area (Å²) in [4.78, 5) is 28.8. The van der Waals surface area contributed by atoms with E-state index < -0.39 is 11.8 Å². The summed E-state index contributed by atoms with van der Waals surface area (Å²) >= 11 is 0. The Balaban J connectivity index is 1.33. The van der Waals surface area contributed by atoms with Gasteiger partial charge in [-0.2, -0.15) is 0 Å². The van der Waals surface area contributed by atoms with Crippen LogP contribution in [0.15, 0.2) is 36.7 Å². The van der Waals surface area contributed by atoms with E-state index >= 15 is 0 Å². The summed E-state index contributed by atoms with van der Waals surface area (Å²) in [5, 5.41) is 15.9. The first kappa shape index (κ1) is 19.9. The molecular formula is C19H19N9O3. The topological polar surface area (TPSA) is 142 Å². The van der Waals surface area contributed by atoms with Crippen molar-refractivity contribution in [3.8, 4) is 11.6 Å². The molecule has 0 atom stereocenters. The van der Waals surface area contributed by atoms with Crippen molar-refractivity contribution in [2.24, 2.45) is 7.05 Å². The Bertz CT molecular complexity index is 1250. The fourth-order valence-corrected chi connectivity index (χ4v) is 3.06. The third kappa shape index (κ3) is 4.17. The Labute approximate surface area is 176 Å². The molecule has 3 aromatic heterocycles. The predicted octanol–water partition coefficient (Wildman–Crippen LogP) is 0.401. The molecule has 0 radical (unpaired) electrons. The van der Waals surface area contributed by atoms with Crippen LogP contribution in [-0.2, 0) is 11.8 Å². The van der Waals surface area contributed by atoms with Gasteiger partial charge in [0.05, 0.1) is 11.1 Å². The number of hydrogen-bond acceptors (Lipinski definition) is 8. The number of benzene rings is 1. The lowest BCUT2D eigenvalue weighted by Crippen LogP contribution is -2.43. The molecule has 4 aromatic rings. The number of pyridine rings is 1. The number of hydrogen-bond donors (Lipinski definition) is 2. The first-order valence-electron chi connectivity index (χ1n) is 9.28. The number of nitrogens with zero attached hydrogens (tertiary/aromatic N) is 7. The van der Waals surface area contributed by atoms with Gasteiger partial charge in [0.25, 0.3) is 11.8 Å². The standard InChI is InChI=1S/C19H19N9O3/c1-11-8-12(2)21-17-16(11)19(24-27(17)3)31-9-15(29)22-23-18(30)13-4-6-14(7-5-13)28-10-20-25-26-28/h4-8,10H,9H2,1-3H3,(H,22,29)(H,23,30). The number of nitrogens with one attached hydrogen (secondary N) is 2. The molecule has 2 amide bonds. The van der Waals surface area contributed by atoms with E-state index in [0.29, 0.717) is 22.8 Å². The number of carbonyl (C=O) groups excluding carboxylic acids is 2. The molecule has 0 fully saturated rings. The fraction of sp³-hybridized carbons (Fsp3) is 0.211. The molecule has 3 heterocycles. The lowest BCUT2D eigenvalue weighted by Gasteiger charge is -2.08. The molecule has 0 aliphatic rings. The number of hydrazine groups is 1. The molecule has 0 aliphatic heterocycles. The predicted molar refractivity (Wildman–Crippen MR) is 108 cm³/mol. The van der Waals surface area contributed by atoms with Crippen LogP contribution in [0.1, 0.15) is 21.6 Å². The van der Waals surface area contributed by atoms with E-state index in [0.717, 1.165) is 16.6 Å². The van der Waals surface area contributed by atoms with Gasteiger partial charge in [0.2, 0.25) is 5.88 Å². The Morgan fingerprint density at radius 2 is 1.90 bits per heavy atom. The summed E-state index contributed by atoms with van der Waals surface area (Å²) in [6.07, 6.45) is 1.44. The first-order valence-corrected chi connectivity index (χ1v) is 9.28. The van der Waals surface area contributed by atoms with Gasteiger partial charge in [-0.1, -0.05) is 0 Å². The van der Waals surface area contributed by atoms with Crippen molar-refractivity contribution in [2.75, 3.05) is 6.61 Å². The minimum atomic E-state index is -0.532. The van der Waals surface area contributed by atoms with Crippen LogP contribution in [0.4, 0.5) is 0 Å². The van der Waals surface area contributed by atoms with Gasteiger partial charge in [-0.25, -0.2) is 14.3 Å². The first-order chi connectivity index (χ1) is 14.9. The Morgan fingerprint density at radius 1 is 1.13 bits per heavy atom. The monoisotopic (exact) mass is 421 g/mol. The fourth-order valence-electron chi connectivity index (χ4n) is 3.06. The number of ether oxygens (including phenoxy) is 1. The summed E-state index contributed by atoms with van der Waals surface area (Å²) in [7, 11) is 1.76. The summed E-state index contributed by atoms with van der Waals surface area (Å²) in [6.45, 7) is 3.50. The normalized spacial score (nSPS) is 10.8. The zero-order chi connectivity index (χ0) is 22.0. The van der Waals surface area contributed by atoms with Gasteiger partial charge in [-0.05, 0) is 60.2 Å². The highest BCUT2D eigenvalue weighted by Crippen LogP contribution is 2.26. The maximum atomic E-state index is 12.2. The third-order valence-corrected chi connectivity index (χ3v) is 4.49. The van der Waals surface area contributed by atoms with Crippen LogP contribution >= 0.6 is 0 Å². The molecule has 12 heteroatoms. The number of tetrazole rings is 1. The summed E-state index contributed by atoms with van der Waals surface area (Å²) in [5.41, 5.74) is 8.20. The highest BCUT2D eigenvalue weighted by Gasteiger charge is 2.16. The van der Waals surface area contributed by atoms with E-state index in [-0.39, 0.29) is 6.61 Å². The second-order valence-corrected chi connectivity index (χ2v) is 6.80. The Morgan fingerprint density at radius 3 is 2.61 bits per heavy atom. The van der Waals surface area contributed by atoms with Gasteiger partial charge < -0.3 is 4.74 Å². The number of amides is 2. The Hall–Kier alpha value is -4.35. The quantitative estimate of drug-likeness (QED) is 0.441. The van der Waals surface area contributed by atoms with Crippen LogP contribution in [0.2, 0.25) is 0 Å². The van der Waals surface area contributed by atoms with Crippen molar-refractivity contribution in [1.82, 2.24) is 45.8 Å². The molecule has 0 saturated heterocycles. The zero-order valence-electron chi connectivity index (χ0n) is 17.0. The van der Waals surface area contributed by atoms with Crippen LogP contribution < -0.4 is 15.6 Å². The van der Waals surface area contributed by atoms with Gasteiger partial charge in [-0.15, -0.1) is 10.2 Å². The molecule has 2 N–H and O–H groups in total. The van der Waals surface area contributed by atoms with Crippen LogP contribution in [0.5, 0.6) is 5.88 Å². The number of aryl methyl sites for hydroxylation is 3. The Kier molecular flexibility index (Phi) is 5.26. The van der Waals surface area contributed by atoms with Crippen LogP contribution in [-0.4, -0.2) is 53.4 Å². The summed E-state index contributed by atoms with van der Waals surface area (Å²) in [6, 6.07) is 8.46. The minimum absolute atomic E-state index is 0.308. The number of fused-ring (bicyclic) bond motifs is 1. The van der Waals surface area contributed by atoms with Gasteiger partial charge in [0.15, 0.2) is 12.3 Å². The smallest absolute Gasteiger partial charge is 0.276 e. The van der Waals surface area contributed by atoms with Crippen molar-refractivity contribution < 1.29 is 14.3 Å². The number of rotatable bonds is 5. The van der Waals surface area contributed by atoms with Crippen LogP contribution in [0.25, 0.3) is 16.7 Å². The van der Waals surface area contributed by atoms with Crippen molar-refractivity contribution in [2.45, 2.75) is 13.8 Å². The SMILES string of the molecule is Cc1cc(C)c2c(OCC(=O)NNC(=O)c3ccc(-n4cnnn4)cc3)nn(C)c2n1.